The molecule has 1 fully saturated rings. The third-order valence-corrected chi connectivity index (χ3v) is 2.83. The molecular weight excluding hydrogens is 194 g/mol. The Morgan fingerprint density at radius 2 is 2.07 bits per heavy atom. The number of hydrogen-bond donors (Lipinski definition) is 1. The Bertz CT molecular complexity index is 179. The summed E-state index contributed by atoms with van der Waals surface area (Å²) >= 11 is 0. The van der Waals surface area contributed by atoms with E-state index in [1.807, 2.05) is 0 Å². The van der Waals surface area contributed by atoms with Crippen LogP contribution in [-0.2, 0) is 14.4 Å². The summed E-state index contributed by atoms with van der Waals surface area (Å²) in [7, 11) is 1.60. The third-order valence-electron chi connectivity index (χ3n) is 2.83. The molecule has 15 heavy (non-hydrogen) atoms. The molecule has 0 spiro atoms. The van der Waals surface area contributed by atoms with Gasteiger partial charge >= 0.3 is 0 Å². The van der Waals surface area contributed by atoms with E-state index >= 15 is 0 Å². The van der Waals surface area contributed by atoms with E-state index in [0.29, 0.717) is 19.6 Å². The standard InChI is InChI=1S/C11H21NO3/c1-14-8-9-15-12-11(13)7-6-10-4-2-3-5-10/h10H,2-9H2,1H3,(H,12,13). The molecule has 0 atom stereocenters. The van der Waals surface area contributed by atoms with Gasteiger partial charge in [-0.25, -0.2) is 5.48 Å². The summed E-state index contributed by atoms with van der Waals surface area (Å²) in [5.74, 6) is 0.743. The van der Waals surface area contributed by atoms with Crippen molar-refractivity contribution in [2.24, 2.45) is 5.92 Å². The number of ether oxygens (including phenoxy) is 1. The van der Waals surface area contributed by atoms with Crippen molar-refractivity contribution in [3.63, 3.8) is 0 Å². The summed E-state index contributed by atoms with van der Waals surface area (Å²) < 4.78 is 4.79. The number of hydroxylamine groups is 1. The van der Waals surface area contributed by atoms with Crippen LogP contribution in [0.2, 0.25) is 0 Å². The van der Waals surface area contributed by atoms with Crippen molar-refractivity contribution in [2.75, 3.05) is 20.3 Å². The Hall–Kier alpha value is -0.610. The lowest BCUT2D eigenvalue weighted by Crippen LogP contribution is -2.25. The lowest BCUT2D eigenvalue weighted by atomic mass is 10.0. The van der Waals surface area contributed by atoms with Crippen LogP contribution in [0.1, 0.15) is 38.5 Å². The zero-order chi connectivity index (χ0) is 10.9. The van der Waals surface area contributed by atoms with Crippen LogP contribution in [0, 0.1) is 5.92 Å². The highest BCUT2D eigenvalue weighted by Crippen LogP contribution is 2.28. The number of nitrogens with one attached hydrogen (secondary N) is 1. The highest BCUT2D eigenvalue weighted by atomic mass is 16.7. The smallest absolute Gasteiger partial charge is 0.243 e. The first kappa shape index (κ1) is 12.5. The molecule has 0 heterocycles. The van der Waals surface area contributed by atoms with Crippen LogP contribution in [-0.4, -0.2) is 26.2 Å². The van der Waals surface area contributed by atoms with Crippen LogP contribution in [0.15, 0.2) is 0 Å². The van der Waals surface area contributed by atoms with Gasteiger partial charge in [0, 0.05) is 13.5 Å². The molecule has 0 saturated heterocycles. The average molecular weight is 215 g/mol. The Morgan fingerprint density at radius 3 is 2.73 bits per heavy atom. The molecule has 4 nitrogen and oxygen atoms in total. The average Bonchev–Trinajstić information content (AvgIpc) is 2.74. The van der Waals surface area contributed by atoms with E-state index < -0.39 is 0 Å². The zero-order valence-corrected chi connectivity index (χ0v) is 9.46. The van der Waals surface area contributed by atoms with Crippen molar-refractivity contribution < 1.29 is 14.4 Å². The maximum Gasteiger partial charge on any atom is 0.243 e. The number of hydrogen-bond acceptors (Lipinski definition) is 3. The highest BCUT2D eigenvalue weighted by Gasteiger charge is 2.15. The predicted molar refractivity (Wildman–Crippen MR) is 57.2 cm³/mol. The second-order valence-electron chi connectivity index (χ2n) is 4.06. The maximum atomic E-state index is 11.3. The van der Waals surface area contributed by atoms with Gasteiger partial charge in [0.25, 0.3) is 0 Å². The summed E-state index contributed by atoms with van der Waals surface area (Å²) in [6, 6.07) is 0. The lowest BCUT2D eigenvalue weighted by Gasteiger charge is -2.08. The molecule has 0 aromatic carbocycles. The summed E-state index contributed by atoms with van der Waals surface area (Å²) in [5.41, 5.74) is 2.42. The molecule has 0 unspecified atom stereocenters. The van der Waals surface area contributed by atoms with Crippen molar-refractivity contribution in [2.45, 2.75) is 38.5 Å². The van der Waals surface area contributed by atoms with Crippen LogP contribution < -0.4 is 5.48 Å². The fraction of sp³-hybridized carbons (Fsp3) is 0.909. The van der Waals surface area contributed by atoms with E-state index in [-0.39, 0.29) is 5.91 Å². The molecule has 1 saturated carbocycles. The first-order chi connectivity index (χ1) is 7.33. The van der Waals surface area contributed by atoms with Crippen LogP contribution >= 0.6 is 0 Å². The van der Waals surface area contributed by atoms with Crippen molar-refractivity contribution in [1.29, 1.82) is 0 Å². The van der Waals surface area contributed by atoms with Crippen molar-refractivity contribution in [1.82, 2.24) is 5.48 Å². The van der Waals surface area contributed by atoms with E-state index in [1.54, 1.807) is 7.11 Å². The van der Waals surface area contributed by atoms with E-state index in [2.05, 4.69) is 5.48 Å². The first-order valence-corrected chi connectivity index (χ1v) is 5.72. The van der Waals surface area contributed by atoms with Gasteiger partial charge in [-0.1, -0.05) is 25.7 Å². The van der Waals surface area contributed by atoms with E-state index in [0.717, 1.165) is 12.3 Å². The molecular formula is C11H21NO3. The monoisotopic (exact) mass is 215 g/mol. The van der Waals surface area contributed by atoms with Crippen molar-refractivity contribution in [3.8, 4) is 0 Å². The van der Waals surface area contributed by atoms with E-state index in [1.165, 1.54) is 25.7 Å². The lowest BCUT2D eigenvalue weighted by molar-refractivity contribution is -0.134. The van der Waals surface area contributed by atoms with Gasteiger partial charge in [-0.2, -0.15) is 0 Å². The minimum Gasteiger partial charge on any atom is -0.382 e. The molecule has 0 radical (unpaired) electrons. The molecule has 0 aromatic heterocycles. The van der Waals surface area contributed by atoms with Crippen LogP contribution in [0.3, 0.4) is 0 Å². The van der Waals surface area contributed by atoms with Crippen LogP contribution in [0.25, 0.3) is 0 Å². The van der Waals surface area contributed by atoms with E-state index in [9.17, 15) is 4.79 Å². The second kappa shape index (κ2) is 7.65. The number of carbonyl (C=O) groups is 1. The maximum absolute atomic E-state index is 11.3. The molecule has 88 valence electrons. The largest absolute Gasteiger partial charge is 0.382 e. The van der Waals surface area contributed by atoms with Gasteiger partial charge in [-0.05, 0) is 12.3 Å². The summed E-state index contributed by atoms with van der Waals surface area (Å²) in [5, 5.41) is 0. The molecule has 0 bridgehead atoms. The minimum atomic E-state index is -0.0157. The Labute approximate surface area is 91.3 Å². The molecule has 0 aliphatic heterocycles. The van der Waals surface area contributed by atoms with Crippen molar-refractivity contribution >= 4 is 5.91 Å². The minimum absolute atomic E-state index is 0.0157. The quantitative estimate of drug-likeness (QED) is 0.519. The van der Waals surface area contributed by atoms with Gasteiger partial charge < -0.3 is 4.74 Å². The molecule has 1 aliphatic rings. The zero-order valence-electron chi connectivity index (χ0n) is 9.46. The van der Waals surface area contributed by atoms with Crippen LogP contribution in [0.5, 0.6) is 0 Å². The number of methoxy groups -OCH3 is 1. The summed E-state index contributed by atoms with van der Waals surface area (Å²) in [6.45, 7) is 0.911. The molecule has 1 amide bonds. The number of carbonyl (C=O) groups excluding carboxylic acids is 1. The van der Waals surface area contributed by atoms with Gasteiger partial charge in [-0.15, -0.1) is 0 Å². The molecule has 1 aliphatic carbocycles. The number of amides is 1. The fourth-order valence-corrected chi connectivity index (χ4v) is 1.94. The van der Waals surface area contributed by atoms with Gasteiger partial charge in [0.15, 0.2) is 0 Å². The predicted octanol–water partition coefficient (Wildman–Crippen LogP) is 1.65. The third kappa shape index (κ3) is 5.74. The summed E-state index contributed by atoms with van der Waals surface area (Å²) in [4.78, 5) is 16.2. The molecule has 4 heteroatoms. The van der Waals surface area contributed by atoms with Gasteiger partial charge in [0.1, 0.15) is 0 Å². The Balaban J connectivity index is 1.93. The number of rotatable bonds is 7. The van der Waals surface area contributed by atoms with Crippen LogP contribution in [0.4, 0.5) is 0 Å². The van der Waals surface area contributed by atoms with Gasteiger partial charge in [0.2, 0.25) is 5.91 Å². The second-order valence-corrected chi connectivity index (χ2v) is 4.06. The molecule has 0 aromatic rings. The Kier molecular flexibility index (Phi) is 6.36. The van der Waals surface area contributed by atoms with Crippen molar-refractivity contribution in [3.05, 3.63) is 0 Å². The molecule has 1 N–H and O–H groups in total. The fourth-order valence-electron chi connectivity index (χ4n) is 1.94. The summed E-state index contributed by atoms with van der Waals surface area (Å²) in [6.07, 6.45) is 6.82. The normalized spacial score (nSPS) is 16.9. The van der Waals surface area contributed by atoms with Gasteiger partial charge in [0.05, 0.1) is 13.2 Å². The first-order valence-electron chi connectivity index (χ1n) is 5.72. The van der Waals surface area contributed by atoms with E-state index in [4.69, 9.17) is 9.57 Å². The topological polar surface area (TPSA) is 47.6 Å². The molecule has 1 rings (SSSR count). The van der Waals surface area contributed by atoms with Gasteiger partial charge in [-0.3, -0.25) is 9.63 Å². The SMILES string of the molecule is COCCONC(=O)CCC1CCCC1. The highest BCUT2D eigenvalue weighted by molar-refractivity contribution is 5.74. The Morgan fingerprint density at radius 1 is 1.33 bits per heavy atom.